The van der Waals surface area contributed by atoms with Gasteiger partial charge in [-0.05, 0) is 85.0 Å². The van der Waals surface area contributed by atoms with Crippen LogP contribution in [0.3, 0.4) is 0 Å². The zero-order valence-electron chi connectivity index (χ0n) is 33.4. The van der Waals surface area contributed by atoms with E-state index in [9.17, 15) is 37.1 Å². The summed E-state index contributed by atoms with van der Waals surface area (Å²) in [6.07, 6.45) is -3.37. The number of aryl methyl sites for hydroxylation is 1. The van der Waals surface area contributed by atoms with Crippen molar-refractivity contribution in [1.29, 1.82) is 0 Å². The average Bonchev–Trinajstić information content (AvgIpc) is 3.94. The number of ether oxygens (including phenoxy) is 2. The van der Waals surface area contributed by atoms with E-state index in [0.717, 1.165) is 23.3 Å². The molecule has 0 saturated carbocycles. The zero-order valence-corrected chi connectivity index (χ0v) is 34.2. The quantitative estimate of drug-likeness (QED) is 0.0613. The molecular formula is C44H40ClF3N8O7. The molecule has 6 aromatic rings. The first-order valence-electron chi connectivity index (χ1n) is 20.1. The lowest BCUT2D eigenvalue weighted by atomic mass is 10.0. The highest BCUT2D eigenvalue weighted by Crippen LogP contribution is 2.33. The van der Waals surface area contributed by atoms with Crippen LogP contribution in [0.4, 0.5) is 18.9 Å². The monoisotopic (exact) mass is 884 g/mol. The van der Waals surface area contributed by atoms with Gasteiger partial charge in [0, 0.05) is 53.5 Å². The number of H-pyrrole nitrogens is 2. The van der Waals surface area contributed by atoms with Crippen LogP contribution < -0.4 is 26.2 Å². The van der Waals surface area contributed by atoms with Gasteiger partial charge in [0.2, 0.25) is 23.7 Å². The number of alkyl halides is 3. The van der Waals surface area contributed by atoms with E-state index in [-0.39, 0.29) is 75.8 Å². The fourth-order valence-electron chi connectivity index (χ4n) is 7.60. The van der Waals surface area contributed by atoms with Gasteiger partial charge in [0.05, 0.1) is 28.9 Å². The summed E-state index contributed by atoms with van der Waals surface area (Å²) in [5.41, 5.74) is 3.94. The van der Waals surface area contributed by atoms with Crippen molar-refractivity contribution in [3.63, 3.8) is 0 Å². The van der Waals surface area contributed by atoms with Crippen LogP contribution in [0.5, 0.6) is 5.75 Å². The molecule has 63 heavy (non-hydrogen) atoms. The van der Waals surface area contributed by atoms with E-state index in [2.05, 4.69) is 31.0 Å². The lowest BCUT2D eigenvalue weighted by Crippen LogP contribution is -2.52. The molecule has 0 aliphatic carbocycles. The molecule has 2 aromatic heterocycles. The van der Waals surface area contributed by atoms with Crippen LogP contribution in [0.2, 0.25) is 5.02 Å². The van der Waals surface area contributed by atoms with Gasteiger partial charge in [0.1, 0.15) is 25.0 Å². The number of aromatic amines is 2. The summed E-state index contributed by atoms with van der Waals surface area (Å²) in [5, 5.41) is 11.9. The number of halogens is 4. The number of anilines is 1. The fraction of sp³-hybridized carbons (Fsp3) is 0.273. The first kappa shape index (κ1) is 42.8. The SMILES string of the molecule is O=C(COCCOc1ccc(CCc2c(-c3ccc(C(F)(F)F)cc3)[nH]n(-c3nc4ccc(Cl)cc4[nH]3)c2=O)cc1)NCCNc1cccc2c1CN(C1CCC(=O)NC1=O)C2=O. The van der Waals surface area contributed by atoms with Crippen molar-refractivity contribution < 1.29 is 41.8 Å². The topological polar surface area (TPSA) is 193 Å². The maximum absolute atomic E-state index is 13.8. The Kier molecular flexibility index (Phi) is 12.4. The summed E-state index contributed by atoms with van der Waals surface area (Å²) in [4.78, 5) is 72.3. The van der Waals surface area contributed by atoms with Gasteiger partial charge in [-0.2, -0.15) is 17.9 Å². The predicted molar refractivity (Wildman–Crippen MR) is 226 cm³/mol. The van der Waals surface area contributed by atoms with Crippen molar-refractivity contribution in [3.8, 4) is 23.0 Å². The first-order valence-corrected chi connectivity index (χ1v) is 20.4. The summed E-state index contributed by atoms with van der Waals surface area (Å²) in [6, 6.07) is 21.4. The standard InChI is InChI=1S/C44H40ClF3N8O7/c45-28-11-15-34-35(22-28)52-43(51-34)56-42(61)31(39(54-56)26-7-9-27(10-8-26)44(46,47)48)14-6-25-4-12-29(13-5-25)63-21-20-62-24-38(58)50-19-18-49-33-3-1-2-30-32(33)23-55(41(30)60)36-16-17-37(57)53-40(36)59/h1-5,7-13,15,22,36,49,54H,6,14,16-21,23-24H2,(H,50,58)(H,51,52)(H,53,57,59). The molecule has 1 atom stereocenters. The lowest BCUT2D eigenvalue weighted by molar-refractivity contribution is -0.138. The van der Waals surface area contributed by atoms with Crippen LogP contribution in [-0.2, 0) is 44.7 Å². The van der Waals surface area contributed by atoms with E-state index < -0.39 is 29.2 Å². The number of imidazole rings is 1. The highest BCUT2D eigenvalue weighted by molar-refractivity contribution is 6.31. The maximum atomic E-state index is 13.8. The van der Waals surface area contributed by atoms with E-state index in [1.165, 1.54) is 21.7 Å². The highest BCUT2D eigenvalue weighted by atomic mass is 35.5. The van der Waals surface area contributed by atoms with Crippen molar-refractivity contribution >= 4 is 52.0 Å². The summed E-state index contributed by atoms with van der Waals surface area (Å²) < 4.78 is 52.5. The molecule has 1 saturated heterocycles. The van der Waals surface area contributed by atoms with Gasteiger partial charge in [-0.3, -0.25) is 34.4 Å². The van der Waals surface area contributed by atoms with Gasteiger partial charge < -0.3 is 30.0 Å². The molecule has 8 rings (SSSR count). The van der Waals surface area contributed by atoms with Crippen molar-refractivity contribution in [2.45, 2.75) is 44.4 Å². The Labute approximate surface area is 361 Å². The molecule has 0 bridgehead atoms. The number of piperidine rings is 1. The lowest BCUT2D eigenvalue weighted by Gasteiger charge is -2.29. The molecule has 2 aliphatic heterocycles. The molecule has 0 radical (unpaired) electrons. The maximum Gasteiger partial charge on any atom is 0.416 e. The van der Waals surface area contributed by atoms with Gasteiger partial charge in [-0.15, -0.1) is 0 Å². The smallest absolute Gasteiger partial charge is 0.416 e. The van der Waals surface area contributed by atoms with E-state index in [4.69, 9.17) is 21.1 Å². The second-order valence-corrected chi connectivity index (χ2v) is 15.4. The molecule has 2 aliphatic rings. The number of carbonyl (C=O) groups excluding carboxylic acids is 4. The normalized spacial score (nSPS) is 15.1. The molecule has 1 fully saturated rings. The molecule has 4 heterocycles. The number of benzene rings is 4. The predicted octanol–water partition coefficient (Wildman–Crippen LogP) is 5.55. The second kappa shape index (κ2) is 18.2. The van der Waals surface area contributed by atoms with Crippen LogP contribution in [-0.4, -0.2) is 87.2 Å². The largest absolute Gasteiger partial charge is 0.491 e. The van der Waals surface area contributed by atoms with Crippen molar-refractivity contribution in [1.82, 2.24) is 35.3 Å². The Balaban J connectivity index is 0.791. The molecule has 15 nitrogen and oxygen atoms in total. The van der Waals surface area contributed by atoms with Gasteiger partial charge in [-0.25, -0.2) is 4.98 Å². The molecule has 326 valence electrons. The van der Waals surface area contributed by atoms with Crippen molar-refractivity contribution in [2.24, 2.45) is 0 Å². The van der Waals surface area contributed by atoms with Crippen molar-refractivity contribution in [2.75, 3.05) is 38.2 Å². The Morgan fingerprint density at radius 1 is 0.937 bits per heavy atom. The van der Waals surface area contributed by atoms with Crippen LogP contribution >= 0.6 is 11.6 Å². The third-order valence-electron chi connectivity index (χ3n) is 10.8. The molecule has 5 N–H and O–H groups in total. The summed E-state index contributed by atoms with van der Waals surface area (Å²) >= 11 is 6.13. The number of amides is 4. The third kappa shape index (κ3) is 9.61. The molecule has 19 heteroatoms. The van der Waals surface area contributed by atoms with Gasteiger partial charge in [-0.1, -0.05) is 41.9 Å². The number of hydrogen-bond acceptors (Lipinski definition) is 9. The van der Waals surface area contributed by atoms with Gasteiger partial charge in [0.15, 0.2) is 0 Å². The van der Waals surface area contributed by atoms with E-state index in [1.807, 2.05) is 18.2 Å². The third-order valence-corrected chi connectivity index (χ3v) is 11.0. The van der Waals surface area contributed by atoms with Crippen molar-refractivity contribution in [3.05, 3.63) is 128 Å². The Hall–Kier alpha value is -6.92. The van der Waals surface area contributed by atoms with Gasteiger partial charge >= 0.3 is 6.18 Å². The minimum atomic E-state index is -4.51. The van der Waals surface area contributed by atoms with Crippen LogP contribution in [0.25, 0.3) is 28.2 Å². The number of fused-ring (bicyclic) bond motifs is 2. The number of nitrogens with zero attached hydrogens (tertiary/aromatic N) is 3. The summed E-state index contributed by atoms with van der Waals surface area (Å²) in [6.45, 7) is 1.03. The number of aromatic nitrogens is 4. The second-order valence-electron chi connectivity index (χ2n) is 15.0. The van der Waals surface area contributed by atoms with Crippen LogP contribution in [0, 0.1) is 0 Å². The van der Waals surface area contributed by atoms with E-state index >= 15 is 0 Å². The molecular weight excluding hydrogens is 845 g/mol. The van der Waals surface area contributed by atoms with Crippen LogP contribution in [0.15, 0.2) is 89.7 Å². The minimum absolute atomic E-state index is 0.145. The number of hydrogen-bond donors (Lipinski definition) is 5. The molecule has 4 amide bonds. The number of imide groups is 1. The van der Waals surface area contributed by atoms with Gasteiger partial charge in [0.25, 0.3) is 11.5 Å². The average molecular weight is 885 g/mol. The summed E-state index contributed by atoms with van der Waals surface area (Å²) in [5.74, 6) is -0.649. The highest BCUT2D eigenvalue weighted by Gasteiger charge is 2.40. The first-order chi connectivity index (χ1) is 30.3. The molecule has 4 aromatic carbocycles. The number of rotatable bonds is 16. The fourth-order valence-corrected chi connectivity index (χ4v) is 7.77. The molecule has 0 spiro atoms. The number of carbonyl (C=O) groups is 4. The Morgan fingerprint density at radius 2 is 1.73 bits per heavy atom. The Morgan fingerprint density at radius 3 is 2.49 bits per heavy atom. The Bertz CT molecular complexity index is 2750. The molecule has 1 unspecified atom stereocenters. The number of nitrogens with one attached hydrogen (secondary N) is 5. The summed E-state index contributed by atoms with van der Waals surface area (Å²) in [7, 11) is 0. The van der Waals surface area contributed by atoms with E-state index in [0.29, 0.717) is 62.8 Å². The zero-order chi connectivity index (χ0) is 44.3. The van der Waals surface area contributed by atoms with Crippen LogP contribution in [0.1, 0.15) is 45.5 Å². The van der Waals surface area contributed by atoms with E-state index in [1.54, 1.807) is 42.5 Å². The minimum Gasteiger partial charge on any atom is -0.491 e.